The van der Waals surface area contributed by atoms with Crippen molar-refractivity contribution in [3.8, 4) is 0 Å². The van der Waals surface area contributed by atoms with Gasteiger partial charge in [-0.05, 0) is 37.0 Å². The number of nitrogen functional groups attached to an aromatic ring is 1. The molecular weight excluding hydrogens is 292 g/mol. The van der Waals surface area contributed by atoms with Gasteiger partial charge < -0.3 is 10.5 Å². The molecule has 6 nitrogen and oxygen atoms in total. The number of benzene rings is 1. The molecule has 0 aromatic heterocycles. The summed E-state index contributed by atoms with van der Waals surface area (Å²) in [6.45, 7) is 2.34. The topological polar surface area (TPSA) is 89.7 Å². The number of hydrogen-bond donors (Lipinski definition) is 1. The van der Waals surface area contributed by atoms with Crippen LogP contribution in [0.3, 0.4) is 0 Å². The standard InChI is InChI=1S/C14H20N2O4S/c1-10-8-11-5-6-16(13(11)9-12(10)15)21(18,19)7-3-4-14(17)20-2/h8-9H,3-7,15H2,1-2H3. The Labute approximate surface area is 124 Å². The third kappa shape index (κ3) is 3.29. The van der Waals surface area contributed by atoms with Gasteiger partial charge in [0, 0.05) is 18.7 Å². The van der Waals surface area contributed by atoms with Crippen molar-refractivity contribution in [1.82, 2.24) is 0 Å². The van der Waals surface area contributed by atoms with Crippen molar-refractivity contribution in [2.24, 2.45) is 0 Å². The Morgan fingerprint density at radius 3 is 2.81 bits per heavy atom. The molecule has 0 fully saturated rings. The SMILES string of the molecule is COC(=O)CCCS(=O)(=O)N1CCc2cc(C)c(N)cc21. The highest BCUT2D eigenvalue weighted by molar-refractivity contribution is 7.92. The zero-order chi connectivity index (χ0) is 15.6. The minimum atomic E-state index is -3.44. The first-order valence-corrected chi connectivity index (χ1v) is 8.42. The van der Waals surface area contributed by atoms with Crippen LogP contribution in [0.15, 0.2) is 12.1 Å². The van der Waals surface area contributed by atoms with Crippen LogP contribution in [0.2, 0.25) is 0 Å². The normalized spacial score (nSPS) is 14.1. The molecule has 116 valence electrons. The van der Waals surface area contributed by atoms with E-state index >= 15 is 0 Å². The van der Waals surface area contributed by atoms with E-state index in [0.717, 1.165) is 11.1 Å². The van der Waals surface area contributed by atoms with Crippen molar-refractivity contribution in [1.29, 1.82) is 0 Å². The van der Waals surface area contributed by atoms with Crippen molar-refractivity contribution in [2.45, 2.75) is 26.2 Å². The van der Waals surface area contributed by atoms with Crippen LogP contribution in [0, 0.1) is 6.92 Å². The molecule has 2 N–H and O–H groups in total. The lowest BCUT2D eigenvalue weighted by atomic mass is 10.1. The Morgan fingerprint density at radius 1 is 1.43 bits per heavy atom. The molecule has 0 spiro atoms. The van der Waals surface area contributed by atoms with E-state index in [1.165, 1.54) is 11.4 Å². The monoisotopic (exact) mass is 312 g/mol. The number of sulfonamides is 1. The Hall–Kier alpha value is -1.76. The summed E-state index contributed by atoms with van der Waals surface area (Å²) < 4.78 is 30.7. The fourth-order valence-corrected chi connectivity index (χ4v) is 4.02. The van der Waals surface area contributed by atoms with Crippen molar-refractivity contribution in [3.05, 3.63) is 23.3 Å². The molecule has 21 heavy (non-hydrogen) atoms. The summed E-state index contributed by atoms with van der Waals surface area (Å²) in [5.41, 5.74) is 9.08. The fourth-order valence-electron chi connectivity index (χ4n) is 2.45. The maximum atomic E-state index is 12.4. The van der Waals surface area contributed by atoms with E-state index in [4.69, 9.17) is 5.73 Å². The fraction of sp³-hybridized carbons (Fsp3) is 0.500. The van der Waals surface area contributed by atoms with E-state index in [2.05, 4.69) is 4.74 Å². The lowest BCUT2D eigenvalue weighted by molar-refractivity contribution is -0.140. The zero-order valence-corrected chi connectivity index (χ0v) is 13.1. The summed E-state index contributed by atoms with van der Waals surface area (Å²) in [6.07, 6.45) is 1.04. The lowest BCUT2D eigenvalue weighted by Gasteiger charge is -2.20. The maximum absolute atomic E-state index is 12.4. The predicted molar refractivity (Wildman–Crippen MR) is 81.7 cm³/mol. The van der Waals surface area contributed by atoms with E-state index in [1.807, 2.05) is 13.0 Å². The Bertz CT molecular complexity index is 655. The first kappa shape index (κ1) is 15.6. The third-order valence-electron chi connectivity index (χ3n) is 3.67. The second kappa shape index (κ2) is 5.93. The number of nitrogens with zero attached hydrogens (tertiary/aromatic N) is 1. The number of rotatable bonds is 5. The van der Waals surface area contributed by atoms with Crippen LogP contribution >= 0.6 is 0 Å². The van der Waals surface area contributed by atoms with Gasteiger partial charge in [-0.15, -0.1) is 0 Å². The Morgan fingerprint density at radius 2 is 2.14 bits per heavy atom. The number of aryl methyl sites for hydroxylation is 1. The van der Waals surface area contributed by atoms with Crippen molar-refractivity contribution in [2.75, 3.05) is 29.4 Å². The Balaban J connectivity index is 2.13. The average molecular weight is 312 g/mol. The highest BCUT2D eigenvalue weighted by atomic mass is 32.2. The van der Waals surface area contributed by atoms with Crippen LogP contribution in [-0.4, -0.2) is 33.8 Å². The number of nitrogens with two attached hydrogens (primary N) is 1. The molecule has 0 saturated carbocycles. The maximum Gasteiger partial charge on any atom is 0.305 e. The number of carbonyl (C=O) groups excluding carboxylic acids is 1. The summed E-state index contributed by atoms with van der Waals surface area (Å²) in [5.74, 6) is -0.470. The molecule has 0 radical (unpaired) electrons. The first-order chi connectivity index (χ1) is 9.85. The van der Waals surface area contributed by atoms with Crippen molar-refractivity contribution in [3.63, 3.8) is 0 Å². The van der Waals surface area contributed by atoms with Crippen LogP contribution in [0.5, 0.6) is 0 Å². The molecule has 0 atom stereocenters. The van der Waals surface area contributed by atoms with Crippen LogP contribution in [0.1, 0.15) is 24.0 Å². The van der Waals surface area contributed by atoms with Crippen LogP contribution in [0.4, 0.5) is 11.4 Å². The van der Waals surface area contributed by atoms with Crippen LogP contribution in [0.25, 0.3) is 0 Å². The molecule has 2 rings (SSSR count). The second-order valence-corrected chi connectivity index (χ2v) is 7.17. The smallest absolute Gasteiger partial charge is 0.305 e. The molecule has 1 aliphatic rings. The van der Waals surface area contributed by atoms with Gasteiger partial charge in [-0.1, -0.05) is 6.07 Å². The molecule has 7 heteroatoms. The second-order valence-electron chi connectivity index (χ2n) is 5.16. The summed E-state index contributed by atoms with van der Waals surface area (Å²) in [6, 6.07) is 3.66. The molecule has 1 heterocycles. The summed E-state index contributed by atoms with van der Waals surface area (Å²) >= 11 is 0. The molecule has 1 aromatic rings. The van der Waals surface area contributed by atoms with E-state index in [9.17, 15) is 13.2 Å². The number of methoxy groups -OCH3 is 1. The van der Waals surface area contributed by atoms with Gasteiger partial charge in [0.05, 0.1) is 18.6 Å². The molecule has 0 saturated heterocycles. The largest absolute Gasteiger partial charge is 0.469 e. The zero-order valence-electron chi connectivity index (χ0n) is 12.3. The number of fused-ring (bicyclic) bond motifs is 1. The van der Waals surface area contributed by atoms with Gasteiger partial charge in [0.25, 0.3) is 0 Å². The van der Waals surface area contributed by atoms with Gasteiger partial charge >= 0.3 is 5.97 Å². The van der Waals surface area contributed by atoms with Gasteiger partial charge in [0.15, 0.2) is 0 Å². The molecule has 0 unspecified atom stereocenters. The molecule has 1 aliphatic heterocycles. The number of anilines is 2. The summed E-state index contributed by atoms with van der Waals surface area (Å²) in [4.78, 5) is 11.1. The predicted octanol–water partition coefficient (Wildman–Crippen LogP) is 1.22. The van der Waals surface area contributed by atoms with Gasteiger partial charge in [0.2, 0.25) is 10.0 Å². The highest BCUT2D eigenvalue weighted by Crippen LogP contribution is 2.34. The lowest BCUT2D eigenvalue weighted by Crippen LogP contribution is -2.31. The molecule has 0 bridgehead atoms. The molecular formula is C14H20N2O4S. The molecule has 0 amide bonds. The van der Waals surface area contributed by atoms with Gasteiger partial charge in [-0.2, -0.15) is 0 Å². The van der Waals surface area contributed by atoms with E-state index < -0.39 is 16.0 Å². The number of hydrogen-bond acceptors (Lipinski definition) is 5. The van der Waals surface area contributed by atoms with E-state index in [1.54, 1.807) is 6.07 Å². The van der Waals surface area contributed by atoms with Crippen molar-refractivity contribution < 1.29 is 17.9 Å². The molecule has 1 aromatic carbocycles. The van der Waals surface area contributed by atoms with Crippen molar-refractivity contribution >= 4 is 27.4 Å². The first-order valence-electron chi connectivity index (χ1n) is 6.81. The van der Waals surface area contributed by atoms with Gasteiger partial charge in [-0.25, -0.2) is 8.42 Å². The summed E-state index contributed by atoms with van der Waals surface area (Å²) in [7, 11) is -2.15. The number of ether oxygens (including phenoxy) is 1. The Kier molecular flexibility index (Phi) is 4.41. The average Bonchev–Trinajstić information content (AvgIpc) is 2.82. The van der Waals surface area contributed by atoms with Gasteiger partial charge in [0.1, 0.15) is 0 Å². The minimum absolute atomic E-state index is 0.0741. The summed E-state index contributed by atoms with van der Waals surface area (Å²) in [5, 5.41) is 0. The van der Waals surface area contributed by atoms with E-state index in [-0.39, 0.29) is 18.6 Å². The third-order valence-corrected chi connectivity index (χ3v) is 5.52. The highest BCUT2D eigenvalue weighted by Gasteiger charge is 2.29. The van der Waals surface area contributed by atoms with Crippen LogP contribution in [-0.2, 0) is 26.0 Å². The number of esters is 1. The number of carbonyl (C=O) groups is 1. The minimum Gasteiger partial charge on any atom is -0.469 e. The van der Waals surface area contributed by atoms with E-state index in [0.29, 0.717) is 24.3 Å². The molecule has 0 aliphatic carbocycles. The van der Waals surface area contributed by atoms with Crippen LogP contribution < -0.4 is 10.0 Å². The quantitative estimate of drug-likeness (QED) is 0.652. The van der Waals surface area contributed by atoms with Gasteiger partial charge in [-0.3, -0.25) is 9.10 Å².